The Morgan fingerprint density at radius 2 is 1.80 bits per heavy atom. The summed E-state index contributed by atoms with van der Waals surface area (Å²) in [7, 11) is 1.40. The number of amides is 1. The molecule has 6 N–H and O–H groups in total. The molecule has 1 saturated carbocycles. The SMILES string of the molecule is COC(=O)[C@H]1CCCCC1NNC(=O)C(Cc1ccccc1)c1csc2ccc(C(=N)N)cc12.O=C(O)C(F)(F)F. The van der Waals surface area contributed by atoms with Gasteiger partial charge in [-0.15, -0.1) is 11.3 Å². The van der Waals surface area contributed by atoms with Gasteiger partial charge >= 0.3 is 18.1 Å². The highest BCUT2D eigenvalue weighted by atomic mass is 32.1. The lowest BCUT2D eigenvalue weighted by Gasteiger charge is -2.31. The van der Waals surface area contributed by atoms with Gasteiger partial charge in [0.1, 0.15) is 5.84 Å². The van der Waals surface area contributed by atoms with Crippen LogP contribution >= 0.6 is 11.3 Å². The smallest absolute Gasteiger partial charge is 0.475 e. The van der Waals surface area contributed by atoms with Gasteiger partial charge in [-0.2, -0.15) is 13.2 Å². The number of alkyl halides is 3. The highest BCUT2D eigenvalue weighted by molar-refractivity contribution is 7.17. The number of aliphatic carboxylic acids is 1. The van der Waals surface area contributed by atoms with Gasteiger partial charge < -0.3 is 15.6 Å². The number of nitrogens with two attached hydrogens (primary N) is 1. The molecule has 0 spiro atoms. The van der Waals surface area contributed by atoms with Crippen molar-refractivity contribution in [1.29, 1.82) is 5.41 Å². The number of hydrazine groups is 1. The molecule has 2 aromatic carbocycles. The average molecular weight is 593 g/mol. The number of carboxylic acids is 1. The molecule has 0 bridgehead atoms. The number of rotatable bonds is 8. The van der Waals surface area contributed by atoms with Gasteiger partial charge in [0.2, 0.25) is 5.91 Å². The number of amidine groups is 1. The van der Waals surface area contributed by atoms with Crippen molar-refractivity contribution in [2.24, 2.45) is 11.7 Å². The Hall–Kier alpha value is -3.97. The maximum atomic E-state index is 13.5. The molecule has 4 rings (SSSR count). The third kappa shape index (κ3) is 8.51. The summed E-state index contributed by atoms with van der Waals surface area (Å²) in [6, 6.07) is 15.4. The van der Waals surface area contributed by atoms with Gasteiger partial charge in [-0.05, 0) is 59.4 Å². The number of halogens is 3. The third-order valence-electron chi connectivity index (χ3n) is 6.78. The number of thiophene rings is 1. The van der Waals surface area contributed by atoms with Crippen LogP contribution in [0.25, 0.3) is 10.1 Å². The van der Waals surface area contributed by atoms with E-state index in [2.05, 4.69) is 10.9 Å². The molecule has 0 radical (unpaired) electrons. The maximum Gasteiger partial charge on any atom is 0.490 e. The highest BCUT2D eigenvalue weighted by Gasteiger charge is 2.38. The first kappa shape index (κ1) is 31.6. The number of carbonyl (C=O) groups excluding carboxylic acids is 2. The summed E-state index contributed by atoms with van der Waals surface area (Å²) in [4.78, 5) is 34.7. The second kappa shape index (κ2) is 14.1. The summed E-state index contributed by atoms with van der Waals surface area (Å²) in [5.74, 6) is -3.89. The number of nitrogen functional groups attached to an aromatic ring is 1. The minimum absolute atomic E-state index is 0.00377. The van der Waals surface area contributed by atoms with Crippen molar-refractivity contribution in [3.05, 3.63) is 70.6 Å². The van der Waals surface area contributed by atoms with Gasteiger partial charge in [-0.25, -0.2) is 10.2 Å². The van der Waals surface area contributed by atoms with Crippen molar-refractivity contribution in [3.8, 4) is 0 Å². The molecule has 41 heavy (non-hydrogen) atoms. The molecule has 1 fully saturated rings. The Balaban J connectivity index is 0.000000587. The molecule has 0 aliphatic heterocycles. The molecule has 0 saturated heterocycles. The van der Waals surface area contributed by atoms with Gasteiger partial charge in [0.25, 0.3) is 0 Å². The number of ether oxygens (including phenoxy) is 1. The molecule has 2 unspecified atom stereocenters. The highest BCUT2D eigenvalue weighted by Crippen LogP contribution is 2.34. The first-order valence-electron chi connectivity index (χ1n) is 12.7. The van der Waals surface area contributed by atoms with E-state index in [0.717, 1.165) is 46.9 Å². The van der Waals surface area contributed by atoms with Crippen molar-refractivity contribution in [3.63, 3.8) is 0 Å². The summed E-state index contributed by atoms with van der Waals surface area (Å²) < 4.78 is 37.7. The van der Waals surface area contributed by atoms with E-state index in [4.69, 9.17) is 25.8 Å². The van der Waals surface area contributed by atoms with Gasteiger partial charge in [0.05, 0.1) is 18.9 Å². The van der Waals surface area contributed by atoms with E-state index in [-0.39, 0.29) is 29.7 Å². The molecular formula is C28H31F3N4O5S. The fourth-order valence-corrected chi connectivity index (χ4v) is 5.66. The quantitative estimate of drug-likeness (QED) is 0.112. The molecular weight excluding hydrogens is 561 g/mol. The van der Waals surface area contributed by atoms with Crippen molar-refractivity contribution in [2.45, 2.75) is 50.2 Å². The lowest BCUT2D eigenvalue weighted by molar-refractivity contribution is -0.192. The van der Waals surface area contributed by atoms with E-state index in [1.807, 2.05) is 53.9 Å². The van der Waals surface area contributed by atoms with E-state index >= 15 is 0 Å². The number of benzene rings is 2. The summed E-state index contributed by atoms with van der Waals surface area (Å²) >= 11 is 1.57. The predicted octanol–water partition coefficient (Wildman–Crippen LogP) is 4.50. The fourth-order valence-electron chi connectivity index (χ4n) is 4.67. The van der Waals surface area contributed by atoms with Gasteiger partial charge in [0, 0.05) is 16.3 Å². The Kier molecular flexibility index (Phi) is 10.8. The van der Waals surface area contributed by atoms with E-state index in [0.29, 0.717) is 12.0 Å². The number of carbonyl (C=O) groups is 3. The Labute approximate surface area is 238 Å². The zero-order valence-electron chi connectivity index (χ0n) is 22.2. The molecule has 1 heterocycles. The van der Waals surface area contributed by atoms with Crippen LogP contribution in [0.1, 0.15) is 48.3 Å². The van der Waals surface area contributed by atoms with Crippen LogP contribution in [-0.4, -0.2) is 48.1 Å². The van der Waals surface area contributed by atoms with Gasteiger partial charge in [0.15, 0.2) is 0 Å². The minimum Gasteiger partial charge on any atom is -0.475 e. The molecule has 1 aliphatic carbocycles. The topological polar surface area (TPSA) is 155 Å². The van der Waals surface area contributed by atoms with Crippen LogP contribution in [0.5, 0.6) is 0 Å². The number of fused-ring (bicyclic) bond motifs is 1. The van der Waals surface area contributed by atoms with Crippen molar-refractivity contribution < 1.29 is 37.4 Å². The summed E-state index contributed by atoms with van der Waals surface area (Å²) in [6.07, 6.45) is -1.04. The zero-order valence-corrected chi connectivity index (χ0v) is 23.0. The Bertz CT molecular complexity index is 1380. The monoisotopic (exact) mass is 592 g/mol. The van der Waals surface area contributed by atoms with Crippen molar-refractivity contribution in [1.82, 2.24) is 10.9 Å². The number of methoxy groups -OCH3 is 1. The number of carboxylic acid groups (broad SMARTS) is 1. The maximum absolute atomic E-state index is 13.5. The van der Waals surface area contributed by atoms with Crippen molar-refractivity contribution >= 4 is 45.1 Å². The van der Waals surface area contributed by atoms with Crippen LogP contribution in [0.3, 0.4) is 0 Å². The summed E-state index contributed by atoms with van der Waals surface area (Å²) in [5, 5.41) is 17.9. The van der Waals surface area contributed by atoms with E-state index in [1.54, 1.807) is 11.3 Å². The molecule has 9 nitrogen and oxygen atoms in total. The largest absolute Gasteiger partial charge is 0.490 e. The molecule has 1 amide bonds. The molecule has 3 atom stereocenters. The average Bonchev–Trinajstić information content (AvgIpc) is 3.37. The van der Waals surface area contributed by atoms with Crippen molar-refractivity contribution in [2.75, 3.05) is 7.11 Å². The molecule has 1 aliphatic rings. The standard InChI is InChI=1S/C26H30N4O3S.C2HF3O2/c1-33-26(32)18-9-5-6-10-22(18)29-30-25(31)20(13-16-7-3-2-4-8-16)21-15-34-23-12-11-17(24(27)28)14-19(21)23;3-2(4,5)1(6)7/h2-4,7-8,11-12,14-15,18,20,22,29H,5-6,9-10,13H2,1H3,(H3,27,28)(H,30,31);(H,6,7)/t18-,20?,22?;/m0./s1. The van der Waals surface area contributed by atoms with E-state index in [9.17, 15) is 22.8 Å². The third-order valence-corrected chi connectivity index (χ3v) is 7.76. The number of esters is 1. The first-order valence-corrected chi connectivity index (χ1v) is 13.6. The molecule has 3 aromatic rings. The Morgan fingerprint density at radius 1 is 1.15 bits per heavy atom. The number of hydrogen-bond acceptors (Lipinski definition) is 7. The minimum atomic E-state index is -5.08. The Morgan fingerprint density at radius 3 is 2.41 bits per heavy atom. The van der Waals surface area contributed by atoms with Crippen LogP contribution in [0.4, 0.5) is 13.2 Å². The number of hydrogen-bond donors (Lipinski definition) is 5. The molecule has 1 aromatic heterocycles. The second-order valence-electron chi connectivity index (χ2n) is 9.52. The number of nitrogens with one attached hydrogen (secondary N) is 3. The summed E-state index contributed by atoms with van der Waals surface area (Å²) in [6.45, 7) is 0. The zero-order chi connectivity index (χ0) is 30.2. The van der Waals surface area contributed by atoms with Crippen LogP contribution in [0.15, 0.2) is 53.9 Å². The normalized spacial score (nSPS) is 17.6. The molecule has 13 heteroatoms. The van der Waals surface area contributed by atoms with E-state index in [1.165, 1.54) is 7.11 Å². The van der Waals surface area contributed by atoms with Crippen LogP contribution < -0.4 is 16.6 Å². The van der Waals surface area contributed by atoms with Gasteiger partial charge in [-0.3, -0.25) is 20.4 Å². The predicted molar refractivity (Wildman–Crippen MR) is 148 cm³/mol. The van der Waals surface area contributed by atoms with Crippen LogP contribution in [0.2, 0.25) is 0 Å². The van der Waals surface area contributed by atoms with Crippen LogP contribution in [0, 0.1) is 11.3 Å². The second-order valence-corrected chi connectivity index (χ2v) is 10.4. The van der Waals surface area contributed by atoms with Gasteiger partial charge in [-0.1, -0.05) is 43.2 Å². The lowest BCUT2D eigenvalue weighted by Crippen LogP contribution is -2.52. The lowest BCUT2D eigenvalue weighted by atomic mass is 9.85. The fraction of sp³-hybridized carbons (Fsp3) is 0.357. The van der Waals surface area contributed by atoms with Crippen LogP contribution in [-0.2, 0) is 25.5 Å². The van der Waals surface area contributed by atoms with E-state index < -0.39 is 18.1 Å². The summed E-state index contributed by atoms with van der Waals surface area (Å²) in [5.41, 5.74) is 14.4. The first-order chi connectivity index (χ1) is 19.4. The molecule has 220 valence electrons.